The molecule has 5 N–H and O–H groups in total. The van der Waals surface area contributed by atoms with Gasteiger partial charge < -0.3 is 16.2 Å². The van der Waals surface area contributed by atoms with Gasteiger partial charge in [-0.05, 0) is 20.8 Å². The molecule has 3 amide bonds. The first kappa shape index (κ1) is 14.9. The molecule has 1 fully saturated rings. The lowest BCUT2D eigenvalue weighted by Crippen LogP contribution is -2.60. The van der Waals surface area contributed by atoms with E-state index in [0.29, 0.717) is 19.6 Å². The fourth-order valence-electron chi connectivity index (χ4n) is 2.15. The minimum absolute atomic E-state index is 0.113. The number of carbonyl (C=O) groups is 2. The van der Waals surface area contributed by atoms with Crippen LogP contribution in [0.1, 0.15) is 20.8 Å². The second kappa shape index (κ2) is 5.64. The smallest absolute Gasteiger partial charge is 0.318 e. The van der Waals surface area contributed by atoms with Crippen molar-refractivity contribution < 1.29 is 14.3 Å². The van der Waals surface area contributed by atoms with Gasteiger partial charge in [0.2, 0.25) is 5.91 Å². The fourth-order valence-corrected chi connectivity index (χ4v) is 2.15. The van der Waals surface area contributed by atoms with Crippen LogP contribution < -0.4 is 16.8 Å². The van der Waals surface area contributed by atoms with Crippen LogP contribution in [0.5, 0.6) is 0 Å². The molecule has 2 unspecified atom stereocenters. The molecule has 1 aliphatic rings. The van der Waals surface area contributed by atoms with Crippen molar-refractivity contribution in [2.45, 2.75) is 38.5 Å². The maximum absolute atomic E-state index is 11.7. The molecule has 0 aromatic heterocycles. The monoisotopic (exact) mass is 258 g/mol. The van der Waals surface area contributed by atoms with E-state index < -0.39 is 18.0 Å². The van der Waals surface area contributed by atoms with E-state index in [1.165, 1.54) is 0 Å². The van der Waals surface area contributed by atoms with Crippen molar-refractivity contribution in [1.82, 2.24) is 10.2 Å². The number of urea groups is 1. The summed E-state index contributed by atoms with van der Waals surface area (Å²) in [6, 6.07) is -1.29. The maximum Gasteiger partial charge on any atom is 0.318 e. The second-order valence-corrected chi connectivity index (χ2v) is 5.19. The van der Waals surface area contributed by atoms with Crippen molar-refractivity contribution >= 4 is 11.9 Å². The second-order valence-electron chi connectivity index (χ2n) is 5.19. The van der Waals surface area contributed by atoms with Crippen LogP contribution in [0.15, 0.2) is 0 Å². The number of nitrogens with one attached hydrogen (secondary N) is 1. The number of morpholine rings is 1. The molecular formula is C11H22N4O3. The van der Waals surface area contributed by atoms with Gasteiger partial charge in [0.1, 0.15) is 0 Å². The standard InChI is InChI=1S/C11H22N4O3/c1-7(9(16)14-10(13)17)15-5-8(4-12)18-11(2,3)6-15/h7-8H,4-6,12H2,1-3H3,(H3,13,14,16,17). The van der Waals surface area contributed by atoms with E-state index in [0.717, 1.165) is 0 Å². The number of amides is 3. The molecule has 0 radical (unpaired) electrons. The van der Waals surface area contributed by atoms with Gasteiger partial charge in [0.15, 0.2) is 0 Å². The number of rotatable bonds is 3. The lowest BCUT2D eigenvalue weighted by atomic mass is 10.0. The Hall–Kier alpha value is -1.18. The van der Waals surface area contributed by atoms with E-state index in [2.05, 4.69) is 5.32 Å². The molecule has 0 aliphatic carbocycles. The van der Waals surface area contributed by atoms with Gasteiger partial charge in [0.05, 0.1) is 17.7 Å². The quantitative estimate of drug-likeness (QED) is 0.602. The van der Waals surface area contributed by atoms with Crippen molar-refractivity contribution in [2.24, 2.45) is 11.5 Å². The average molecular weight is 258 g/mol. The van der Waals surface area contributed by atoms with E-state index in [4.69, 9.17) is 16.2 Å². The topological polar surface area (TPSA) is 111 Å². The fraction of sp³-hybridized carbons (Fsp3) is 0.818. The number of carbonyl (C=O) groups excluding carboxylic acids is 2. The number of imide groups is 1. The summed E-state index contributed by atoms with van der Waals surface area (Å²) < 4.78 is 5.77. The third-order valence-electron chi connectivity index (χ3n) is 2.94. The van der Waals surface area contributed by atoms with Crippen LogP contribution in [0.4, 0.5) is 4.79 Å². The maximum atomic E-state index is 11.7. The van der Waals surface area contributed by atoms with Gasteiger partial charge in [-0.1, -0.05) is 0 Å². The highest BCUT2D eigenvalue weighted by Crippen LogP contribution is 2.22. The first-order valence-electron chi connectivity index (χ1n) is 5.97. The largest absolute Gasteiger partial charge is 0.368 e. The highest BCUT2D eigenvalue weighted by Gasteiger charge is 2.36. The summed E-state index contributed by atoms with van der Waals surface area (Å²) in [6.07, 6.45) is -0.113. The number of ether oxygens (including phenoxy) is 1. The van der Waals surface area contributed by atoms with Crippen molar-refractivity contribution in [2.75, 3.05) is 19.6 Å². The number of nitrogens with zero attached hydrogens (tertiary/aromatic N) is 1. The SMILES string of the molecule is CC(C(=O)NC(N)=O)N1CC(CN)OC(C)(C)C1. The summed E-state index contributed by atoms with van der Waals surface area (Å²) in [5, 5.41) is 2.09. The molecule has 18 heavy (non-hydrogen) atoms. The highest BCUT2D eigenvalue weighted by atomic mass is 16.5. The van der Waals surface area contributed by atoms with Gasteiger partial charge in [-0.15, -0.1) is 0 Å². The molecule has 104 valence electrons. The summed E-state index contributed by atoms with van der Waals surface area (Å²) in [7, 11) is 0. The van der Waals surface area contributed by atoms with E-state index in [-0.39, 0.29) is 11.7 Å². The number of hydrogen-bond donors (Lipinski definition) is 3. The van der Waals surface area contributed by atoms with E-state index in [9.17, 15) is 9.59 Å². The summed E-state index contributed by atoms with van der Waals surface area (Å²) in [5.74, 6) is -0.407. The molecule has 1 heterocycles. The molecule has 1 saturated heterocycles. The van der Waals surface area contributed by atoms with Crippen molar-refractivity contribution in [3.8, 4) is 0 Å². The van der Waals surface area contributed by atoms with Crippen LogP contribution in [0.25, 0.3) is 0 Å². The van der Waals surface area contributed by atoms with Crippen molar-refractivity contribution in [1.29, 1.82) is 0 Å². The Morgan fingerprint density at radius 2 is 2.17 bits per heavy atom. The number of primary amides is 1. The lowest BCUT2D eigenvalue weighted by molar-refractivity contribution is -0.149. The molecule has 1 rings (SSSR count). The van der Waals surface area contributed by atoms with Crippen LogP contribution in [0.3, 0.4) is 0 Å². The van der Waals surface area contributed by atoms with E-state index in [1.54, 1.807) is 6.92 Å². The zero-order chi connectivity index (χ0) is 13.9. The zero-order valence-electron chi connectivity index (χ0n) is 11.1. The van der Waals surface area contributed by atoms with Crippen LogP contribution in [0.2, 0.25) is 0 Å². The molecule has 7 nitrogen and oxygen atoms in total. The van der Waals surface area contributed by atoms with Gasteiger partial charge >= 0.3 is 6.03 Å². The molecule has 0 aromatic carbocycles. The molecule has 2 atom stereocenters. The van der Waals surface area contributed by atoms with Gasteiger partial charge in [-0.2, -0.15) is 0 Å². The molecule has 7 heteroatoms. The Bertz CT molecular complexity index is 332. The molecule has 1 aliphatic heterocycles. The average Bonchev–Trinajstić information content (AvgIpc) is 2.24. The zero-order valence-corrected chi connectivity index (χ0v) is 11.1. The number of nitrogens with two attached hydrogens (primary N) is 2. The summed E-state index contributed by atoms with van der Waals surface area (Å²) in [5.41, 5.74) is 10.2. The summed E-state index contributed by atoms with van der Waals surface area (Å²) in [4.78, 5) is 24.3. The first-order valence-corrected chi connectivity index (χ1v) is 5.97. The van der Waals surface area contributed by atoms with Crippen molar-refractivity contribution in [3.63, 3.8) is 0 Å². The summed E-state index contributed by atoms with van der Waals surface area (Å²) >= 11 is 0. The Morgan fingerprint density at radius 1 is 1.56 bits per heavy atom. The van der Waals surface area contributed by atoms with E-state index in [1.807, 2.05) is 18.7 Å². The Labute approximate surface area is 107 Å². The van der Waals surface area contributed by atoms with Gasteiger partial charge in [0, 0.05) is 19.6 Å². The lowest BCUT2D eigenvalue weighted by Gasteiger charge is -2.44. The van der Waals surface area contributed by atoms with Crippen molar-refractivity contribution in [3.05, 3.63) is 0 Å². The van der Waals surface area contributed by atoms with Crippen LogP contribution in [0, 0.1) is 0 Å². The minimum atomic E-state index is -0.838. The Balaban J connectivity index is 2.69. The molecule has 0 spiro atoms. The number of hydrogen-bond acceptors (Lipinski definition) is 5. The molecular weight excluding hydrogens is 236 g/mol. The molecule has 0 aromatic rings. The molecule has 0 saturated carbocycles. The Kier molecular flexibility index (Phi) is 4.66. The minimum Gasteiger partial charge on any atom is -0.368 e. The van der Waals surface area contributed by atoms with Gasteiger partial charge in [-0.3, -0.25) is 15.0 Å². The van der Waals surface area contributed by atoms with E-state index >= 15 is 0 Å². The van der Waals surface area contributed by atoms with Crippen LogP contribution in [-0.2, 0) is 9.53 Å². The third kappa shape index (κ3) is 3.94. The predicted molar refractivity (Wildman–Crippen MR) is 66.8 cm³/mol. The molecule has 0 bridgehead atoms. The first-order chi connectivity index (χ1) is 8.25. The normalized spacial score (nSPS) is 25.4. The Morgan fingerprint density at radius 3 is 2.67 bits per heavy atom. The highest BCUT2D eigenvalue weighted by molar-refractivity contribution is 5.96. The predicted octanol–water partition coefficient (Wildman–Crippen LogP) is -0.992. The van der Waals surface area contributed by atoms with Gasteiger partial charge in [-0.25, -0.2) is 4.79 Å². The van der Waals surface area contributed by atoms with Gasteiger partial charge in [0.25, 0.3) is 0 Å². The third-order valence-corrected chi connectivity index (χ3v) is 2.94. The summed E-state index contributed by atoms with van der Waals surface area (Å²) in [6.45, 7) is 7.17. The van der Waals surface area contributed by atoms with Crippen LogP contribution >= 0.6 is 0 Å². The van der Waals surface area contributed by atoms with Crippen LogP contribution in [-0.4, -0.2) is 54.2 Å².